The topological polar surface area (TPSA) is 38.5 Å². The first kappa shape index (κ1) is 14.3. The molecule has 5 heteroatoms. The number of ether oxygens (including phenoxy) is 1. The second-order valence-electron chi connectivity index (χ2n) is 6.27. The Bertz CT molecular complexity index is 596. The lowest BCUT2D eigenvalue weighted by molar-refractivity contribution is 0.0263. The SMILES string of the molecule is c1cncc(CO[C@@H]2CSC3(C2)CN(Cc2ccoc2)C3)c1. The van der Waals surface area contributed by atoms with Crippen LogP contribution in [0.2, 0.25) is 0 Å². The van der Waals surface area contributed by atoms with Gasteiger partial charge in [-0.25, -0.2) is 0 Å². The zero-order valence-corrected chi connectivity index (χ0v) is 13.3. The van der Waals surface area contributed by atoms with Gasteiger partial charge in [0.25, 0.3) is 0 Å². The summed E-state index contributed by atoms with van der Waals surface area (Å²) in [6.07, 6.45) is 8.81. The molecule has 0 amide bonds. The maximum Gasteiger partial charge on any atom is 0.0947 e. The van der Waals surface area contributed by atoms with Gasteiger partial charge in [-0.15, -0.1) is 11.8 Å². The van der Waals surface area contributed by atoms with E-state index in [2.05, 4.69) is 27.7 Å². The van der Waals surface area contributed by atoms with Gasteiger partial charge in [0, 0.05) is 48.1 Å². The van der Waals surface area contributed by atoms with Gasteiger partial charge in [-0.2, -0.15) is 0 Å². The number of pyridine rings is 1. The van der Waals surface area contributed by atoms with Crippen LogP contribution in [0.5, 0.6) is 0 Å². The number of rotatable bonds is 5. The van der Waals surface area contributed by atoms with Gasteiger partial charge in [0.1, 0.15) is 0 Å². The standard InChI is InChI=1S/C17H20N2O2S/c1-2-14(7-18-4-1)10-21-16-6-17(22-11-16)12-19(13-17)8-15-3-5-20-9-15/h1-5,7,9,16H,6,8,10-13H2/t16-/m0/s1. The van der Waals surface area contributed by atoms with Crippen molar-refractivity contribution >= 4 is 11.8 Å². The Hall–Kier alpha value is -1.30. The van der Waals surface area contributed by atoms with Crippen molar-refractivity contribution in [3.63, 3.8) is 0 Å². The fourth-order valence-electron chi connectivity index (χ4n) is 3.35. The minimum atomic E-state index is 0.376. The van der Waals surface area contributed by atoms with Crippen LogP contribution in [0.25, 0.3) is 0 Å². The summed E-state index contributed by atoms with van der Waals surface area (Å²) in [7, 11) is 0. The van der Waals surface area contributed by atoms with E-state index in [4.69, 9.17) is 9.15 Å². The van der Waals surface area contributed by atoms with E-state index >= 15 is 0 Å². The summed E-state index contributed by atoms with van der Waals surface area (Å²) in [6, 6.07) is 6.08. The Labute approximate surface area is 134 Å². The Kier molecular flexibility index (Phi) is 3.94. The van der Waals surface area contributed by atoms with Crippen LogP contribution in [-0.2, 0) is 17.9 Å². The van der Waals surface area contributed by atoms with Crippen LogP contribution in [-0.4, -0.2) is 39.6 Å². The van der Waals surface area contributed by atoms with Crippen molar-refractivity contribution in [3.8, 4) is 0 Å². The summed E-state index contributed by atoms with van der Waals surface area (Å²) in [5.74, 6) is 1.11. The second-order valence-corrected chi connectivity index (χ2v) is 7.76. The van der Waals surface area contributed by atoms with Gasteiger partial charge in [0.15, 0.2) is 0 Å². The van der Waals surface area contributed by atoms with Gasteiger partial charge in [0.2, 0.25) is 0 Å². The summed E-state index contributed by atoms with van der Waals surface area (Å²) < 4.78 is 11.6. The monoisotopic (exact) mass is 316 g/mol. The van der Waals surface area contributed by atoms with Crippen molar-refractivity contribution in [1.29, 1.82) is 0 Å². The molecule has 0 radical (unpaired) electrons. The second kappa shape index (κ2) is 6.07. The molecule has 116 valence electrons. The quantitative estimate of drug-likeness (QED) is 0.848. The lowest BCUT2D eigenvalue weighted by Crippen LogP contribution is -2.58. The Morgan fingerprint density at radius 3 is 3.09 bits per heavy atom. The summed E-state index contributed by atoms with van der Waals surface area (Å²) in [6.45, 7) is 4.00. The molecule has 0 N–H and O–H groups in total. The molecule has 2 aliphatic rings. The van der Waals surface area contributed by atoms with Gasteiger partial charge in [-0.05, 0) is 24.1 Å². The smallest absolute Gasteiger partial charge is 0.0947 e. The Morgan fingerprint density at radius 2 is 2.32 bits per heavy atom. The molecule has 22 heavy (non-hydrogen) atoms. The first-order valence-corrected chi connectivity index (χ1v) is 8.68. The van der Waals surface area contributed by atoms with Crippen molar-refractivity contribution in [2.75, 3.05) is 18.8 Å². The molecular formula is C17H20N2O2S. The van der Waals surface area contributed by atoms with Crippen LogP contribution < -0.4 is 0 Å². The van der Waals surface area contributed by atoms with Gasteiger partial charge in [0.05, 0.1) is 25.2 Å². The maximum atomic E-state index is 6.07. The van der Waals surface area contributed by atoms with Crippen molar-refractivity contribution in [2.24, 2.45) is 0 Å². The number of thioether (sulfide) groups is 1. The first-order valence-electron chi connectivity index (χ1n) is 7.69. The average molecular weight is 316 g/mol. The van der Waals surface area contributed by atoms with Crippen LogP contribution >= 0.6 is 11.8 Å². The van der Waals surface area contributed by atoms with Gasteiger partial charge in [-0.1, -0.05) is 6.07 Å². The van der Waals surface area contributed by atoms with E-state index in [0.717, 1.165) is 31.0 Å². The van der Waals surface area contributed by atoms with Gasteiger partial charge in [-0.3, -0.25) is 9.88 Å². The van der Waals surface area contributed by atoms with Gasteiger partial charge >= 0.3 is 0 Å². The molecule has 4 rings (SSSR count). The van der Waals surface area contributed by atoms with Crippen LogP contribution in [0.4, 0.5) is 0 Å². The van der Waals surface area contributed by atoms with E-state index in [1.165, 1.54) is 12.0 Å². The fourth-order valence-corrected chi connectivity index (χ4v) is 4.95. The van der Waals surface area contributed by atoms with E-state index in [-0.39, 0.29) is 0 Å². The Morgan fingerprint density at radius 1 is 1.36 bits per heavy atom. The third kappa shape index (κ3) is 3.07. The number of nitrogens with zero attached hydrogens (tertiary/aromatic N) is 2. The third-order valence-corrected chi connectivity index (χ3v) is 5.97. The highest BCUT2D eigenvalue weighted by Gasteiger charge is 2.49. The van der Waals surface area contributed by atoms with Crippen LogP contribution in [0.15, 0.2) is 47.5 Å². The summed E-state index contributed by atoms with van der Waals surface area (Å²) in [5.41, 5.74) is 2.42. The molecule has 0 aromatic carbocycles. The summed E-state index contributed by atoms with van der Waals surface area (Å²) in [4.78, 5) is 6.62. The molecule has 4 nitrogen and oxygen atoms in total. The van der Waals surface area contributed by atoms with E-state index in [1.54, 1.807) is 12.5 Å². The van der Waals surface area contributed by atoms with E-state index in [0.29, 0.717) is 17.5 Å². The molecule has 2 aromatic heterocycles. The number of likely N-dealkylation sites (tertiary alicyclic amines) is 1. The molecule has 0 bridgehead atoms. The highest BCUT2D eigenvalue weighted by Crippen LogP contribution is 2.46. The fraction of sp³-hybridized carbons (Fsp3) is 0.471. The van der Waals surface area contributed by atoms with E-state index in [1.807, 2.05) is 24.6 Å². The molecule has 1 atom stereocenters. The van der Waals surface area contributed by atoms with Crippen molar-refractivity contribution < 1.29 is 9.15 Å². The van der Waals surface area contributed by atoms with Crippen LogP contribution in [0.1, 0.15) is 17.5 Å². The number of hydrogen-bond donors (Lipinski definition) is 0. The maximum absolute atomic E-state index is 6.07. The van der Waals surface area contributed by atoms with Crippen LogP contribution in [0.3, 0.4) is 0 Å². The lowest BCUT2D eigenvalue weighted by Gasteiger charge is -2.47. The minimum absolute atomic E-state index is 0.376. The van der Waals surface area contributed by atoms with Crippen molar-refractivity contribution in [2.45, 2.75) is 30.4 Å². The summed E-state index contributed by atoms with van der Waals surface area (Å²) in [5, 5.41) is 0. The number of furan rings is 1. The zero-order valence-electron chi connectivity index (χ0n) is 12.5. The largest absolute Gasteiger partial charge is 0.472 e. The molecule has 4 heterocycles. The first-order chi connectivity index (χ1) is 10.8. The van der Waals surface area contributed by atoms with E-state index in [9.17, 15) is 0 Å². The van der Waals surface area contributed by atoms with E-state index < -0.39 is 0 Å². The predicted molar refractivity (Wildman–Crippen MR) is 86.6 cm³/mol. The lowest BCUT2D eigenvalue weighted by atomic mass is 9.92. The zero-order chi connectivity index (χ0) is 14.8. The van der Waals surface area contributed by atoms with Crippen molar-refractivity contribution in [3.05, 3.63) is 54.2 Å². The molecule has 2 aliphatic heterocycles. The number of hydrogen-bond acceptors (Lipinski definition) is 5. The molecule has 2 aromatic rings. The molecule has 0 aliphatic carbocycles. The van der Waals surface area contributed by atoms with Gasteiger partial charge < -0.3 is 9.15 Å². The Balaban J connectivity index is 1.23. The predicted octanol–water partition coefficient (Wildman–Crippen LogP) is 2.95. The highest BCUT2D eigenvalue weighted by molar-refractivity contribution is 8.01. The highest BCUT2D eigenvalue weighted by atomic mass is 32.2. The normalized spacial score (nSPS) is 23.7. The van der Waals surface area contributed by atoms with Crippen LogP contribution in [0, 0.1) is 0 Å². The molecule has 2 fully saturated rings. The molecule has 0 unspecified atom stereocenters. The molecule has 1 spiro atoms. The van der Waals surface area contributed by atoms with Crippen molar-refractivity contribution in [1.82, 2.24) is 9.88 Å². The molecular weight excluding hydrogens is 296 g/mol. The third-order valence-electron chi connectivity index (χ3n) is 4.39. The molecule has 2 saturated heterocycles. The average Bonchev–Trinajstić information content (AvgIpc) is 3.16. The summed E-state index contributed by atoms with van der Waals surface area (Å²) >= 11 is 2.09. The number of aromatic nitrogens is 1. The minimum Gasteiger partial charge on any atom is -0.472 e. The molecule has 0 saturated carbocycles.